The fourth-order valence-corrected chi connectivity index (χ4v) is 4.06. The van der Waals surface area contributed by atoms with Gasteiger partial charge in [0.25, 0.3) is 5.56 Å². The van der Waals surface area contributed by atoms with Gasteiger partial charge in [-0.15, -0.1) is 5.10 Å². The van der Waals surface area contributed by atoms with Gasteiger partial charge < -0.3 is 10.3 Å². The van der Waals surface area contributed by atoms with Gasteiger partial charge in [-0.05, 0) is 65.8 Å². The van der Waals surface area contributed by atoms with E-state index in [2.05, 4.69) is 49.6 Å². The minimum atomic E-state index is -0.0982. The summed E-state index contributed by atoms with van der Waals surface area (Å²) in [5.41, 5.74) is 5.22. The molecule has 1 saturated carbocycles. The van der Waals surface area contributed by atoms with Gasteiger partial charge in [-0.25, -0.2) is 4.68 Å². The number of benzene rings is 2. The van der Waals surface area contributed by atoms with Crippen LogP contribution in [0.15, 0.2) is 77.9 Å². The summed E-state index contributed by atoms with van der Waals surface area (Å²) in [5, 5.41) is 9.40. The largest absolute Gasteiger partial charge is 0.329 e. The van der Waals surface area contributed by atoms with Crippen LogP contribution >= 0.6 is 0 Å². The molecule has 0 unspecified atom stereocenters. The van der Waals surface area contributed by atoms with Crippen molar-refractivity contribution >= 4 is 22.4 Å². The Morgan fingerprint density at radius 3 is 2.61 bits per heavy atom. The lowest BCUT2D eigenvalue weighted by atomic mass is 10.0. The second-order valence-electron chi connectivity index (χ2n) is 8.44. The van der Waals surface area contributed by atoms with Crippen molar-refractivity contribution in [1.29, 1.82) is 0 Å². The molecule has 1 aliphatic carbocycles. The molecule has 7 nitrogen and oxygen atoms in total. The number of fused-ring (bicyclic) bond motifs is 1. The number of rotatable bonds is 5. The third kappa shape index (κ3) is 3.78. The monoisotopic (exact) mass is 434 g/mol. The van der Waals surface area contributed by atoms with Gasteiger partial charge in [-0.2, -0.15) is 4.98 Å². The lowest BCUT2D eigenvalue weighted by molar-refractivity contribution is 0.778. The van der Waals surface area contributed by atoms with E-state index < -0.39 is 0 Å². The van der Waals surface area contributed by atoms with E-state index in [1.165, 1.54) is 24.1 Å². The summed E-state index contributed by atoms with van der Waals surface area (Å²) in [5.74, 6) is 1.91. The van der Waals surface area contributed by atoms with E-state index in [9.17, 15) is 4.79 Å². The Morgan fingerprint density at radius 2 is 1.79 bits per heavy atom. The second kappa shape index (κ2) is 7.70. The lowest BCUT2D eigenvalue weighted by Crippen LogP contribution is -2.05. The average Bonchev–Trinajstić information content (AvgIpc) is 3.63. The fraction of sp³-hybridized carbons (Fsp3) is 0.154. The molecule has 6 rings (SSSR count). The van der Waals surface area contributed by atoms with E-state index >= 15 is 0 Å². The van der Waals surface area contributed by atoms with Crippen molar-refractivity contribution in [2.24, 2.45) is 7.05 Å². The van der Waals surface area contributed by atoms with Gasteiger partial charge in [-0.1, -0.05) is 24.3 Å². The predicted molar refractivity (Wildman–Crippen MR) is 129 cm³/mol. The smallest absolute Gasteiger partial charge is 0.255 e. The molecule has 0 saturated heterocycles. The molecule has 2 N–H and O–H groups in total. The molecule has 1 fully saturated rings. The molecule has 33 heavy (non-hydrogen) atoms. The highest BCUT2D eigenvalue weighted by Gasteiger charge is 2.25. The molecule has 3 aromatic heterocycles. The maximum Gasteiger partial charge on any atom is 0.255 e. The van der Waals surface area contributed by atoms with Crippen LogP contribution in [-0.4, -0.2) is 24.7 Å². The summed E-state index contributed by atoms with van der Waals surface area (Å²) < 4.78 is 1.72. The maximum absolute atomic E-state index is 11.9. The molecule has 162 valence electrons. The molecule has 0 amide bonds. The number of hydrogen-bond acceptors (Lipinski definition) is 5. The molecule has 3 heterocycles. The van der Waals surface area contributed by atoms with E-state index in [4.69, 9.17) is 0 Å². The van der Waals surface area contributed by atoms with E-state index in [1.807, 2.05) is 43.6 Å². The Morgan fingerprint density at radius 1 is 0.970 bits per heavy atom. The number of pyridine rings is 2. The van der Waals surface area contributed by atoms with Crippen LogP contribution in [-0.2, 0) is 7.05 Å². The molecule has 0 spiro atoms. The van der Waals surface area contributed by atoms with E-state index in [1.54, 1.807) is 16.9 Å². The quantitative estimate of drug-likeness (QED) is 0.406. The number of nitrogens with zero attached hydrogens (tertiary/aromatic N) is 4. The number of aromatic amines is 1. The minimum Gasteiger partial charge on any atom is -0.329 e. The fourth-order valence-electron chi connectivity index (χ4n) is 4.06. The second-order valence-corrected chi connectivity index (χ2v) is 8.44. The van der Waals surface area contributed by atoms with Crippen molar-refractivity contribution in [3.8, 4) is 22.5 Å². The Labute approximate surface area is 190 Å². The van der Waals surface area contributed by atoms with Gasteiger partial charge in [0.2, 0.25) is 5.95 Å². The van der Waals surface area contributed by atoms with Crippen LogP contribution < -0.4 is 10.9 Å². The summed E-state index contributed by atoms with van der Waals surface area (Å²) in [7, 11) is 1.86. The van der Waals surface area contributed by atoms with Gasteiger partial charge in [0.15, 0.2) is 5.82 Å². The number of aromatic nitrogens is 5. The van der Waals surface area contributed by atoms with Crippen LogP contribution in [0.5, 0.6) is 0 Å². The number of H-pyrrole nitrogens is 1. The Kier molecular flexibility index (Phi) is 4.54. The van der Waals surface area contributed by atoms with E-state index in [0.29, 0.717) is 23.1 Å². The van der Waals surface area contributed by atoms with E-state index in [0.717, 1.165) is 22.2 Å². The van der Waals surface area contributed by atoms with Crippen molar-refractivity contribution in [1.82, 2.24) is 24.7 Å². The Bertz CT molecular complexity index is 1530. The van der Waals surface area contributed by atoms with Gasteiger partial charge in [0.1, 0.15) is 0 Å². The van der Waals surface area contributed by atoms with Crippen LogP contribution in [0, 0.1) is 0 Å². The van der Waals surface area contributed by atoms with Crippen molar-refractivity contribution < 1.29 is 0 Å². The molecule has 7 heteroatoms. The Hall–Kier alpha value is -4.26. The molecule has 0 bridgehead atoms. The molecular formula is C26H22N6O. The zero-order chi connectivity index (χ0) is 22.4. The lowest BCUT2D eigenvalue weighted by Gasteiger charge is -2.06. The number of hydrogen-bond donors (Lipinski definition) is 2. The Balaban J connectivity index is 1.25. The molecule has 2 aromatic carbocycles. The predicted octanol–water partition coefficient (Wildman–Crippen LogP) is 5.01. The highest BCUT2D eigenvalue weighted by atomic mass is 16.1. The number of anilines is 2. The normalized spacial score (nSPS) is 13.4. The van der Waals surface area contributed by atoms with Gasteiger partial charge in [-0.3, -0.25) is 9.78 Å². The van der Waals surface area contributed by atoms with Crippen LogP contribution in [0.1, 0.15) is 24.5 Å². The van der Waals surface area contributed by atoms with Crippen LogP contribution in [0.3, 0.4) is 0 Å². The van der Waals surface area contributed by atoms with Gasteiger partial charge in [0.05, 0.1) is 0 Å². The third-order valence-corrected chi connectivity index (χ3v) is 6.05. The highest BCUT2D eigenvalue weighted by Crippen LogP contribution is 2.40. The first-order valence-electron chi connectivity index (χ1n) is 11.0. The molecule has 0 aliphatic heterocycles. The summed E-state index contributed by atoms with van der Waals surface area (Å²) in [4.78, 5) is 23.8. The SMILES string of the molecule is Cn1nc(-c2ccc(-c3ccnc(C4CC4)c3)cc2)nc1Nc1ccc2c(=O)[nH]ccc2c1. The van der Waals surface area contributed by atoms with Crippen molar-refractivity contribution in [3.63, 3.8) is 0 Å². The van der Waals surface area contributed by atoms with Crippen molar-refractivity contribution in [2.45, 2.75) is 18.8 Å². The number of nitrogens with one attached hydrogen (secondary N) is 2. The van der Waals surface area contributed by atoms with Gasteiger partial charge >= 0.3 is 0 Å². The first-order valence-corrected chi connectivity index (χ1v) is 11.0. The first-order chi connectivity index (χ1) is 16.1. The number of aryl methyl sites for hydroxylation is 1. The average molecular weight is 435 g/mol. The summed E-state index contributed by atoms with van der Waals surface area (Å²) in [6, 6.07) is 20.0. The molecule has 5 aromatic rings. The minimum absolute atomic E-state index is 0.0982. The molecule has 0 radical (unpaired) electrons. The first kappa shape index (κ1) is 19.4. The topological polar surface area (TPSA) is 88.5 Å². The maximum atomic E-state index is 11.9. The molecule has 1 aliphatic rings. The molecule has 0 atom stereocenters. The van der Waals surface area contributed by atoms with Crippen LogP contribution in [0.4, 0.5) is 11.6 Å². The third-order valence-electron chi connectivity index (χ3n) is 6.05. The standard InChI is InChI=1S/C26H22N6O/c1-32-26(29-21-8-9-22-20(14-21)11-13-28-25(22)33)30-24(31-32)18-6-2-16(3-7-18)19-10-12-27-23(15-19)17-4-5-17/h2-3,6-15,17H,4-5H2,1H3,(H,28,33)(H,29,30,31). The highest BCUT2D eigenvalue weighted by molar-refractivity contribution is 5.85. The van der Waals surface area contributed by atoms with Crippen LogP contribution in [0.25, 0.3) is 33.3 Å². The summed E-state index contributed by atoms with van der Waals surface area (Å²) in [6.07, 6.45) is 6.04. The van der Waals surface area contributed by atoms with Gasteiger partial charge in [0, 0.05) is 47.7 Å². The van der Waals surface area contributed by atoms with Crippen molar-refractivity contribution in [3.05, 3.63) is 89.1 Å². The summed E-state index contributed by atoms with van der Waals surface area (Å²) >= 11 is 0. The van der Waals surface area contributed by atoms with Crippen LogP contribution in [0.2, 0.25) is 0 Å². The zero-order valence-corrected chi connectivity index (χ0v) is 18.1. The van der Waals surface area contributed by atoms with E-state index in [-0.39, 0.29) is 5.56 Å². The summed E-state index contributed by atoms with van der Waals surface area (Å²) in [6.45, 7) is 0. The van der Waals surface area contributed by atoms with Crippen molar-refractivity contribution in [2.75, 3.05) is 5.32 Å². The molecular weight excluding hydrogens is 412 g/mol. The zero-order valence-electron chi connectivity index (χ0n) is 18.1.